The summed E-state index contributed by atoms with van der Waals surface area (Å²) in [6.07, 6.45) is -1.24. The molecule has 32 heavy (non-hydrogen) atoms. The number of hydrogen-bond donors (Lipinski definition) is 3. The van der Waals surface area contributed by atoms with Crippen molar-refractivity contribution >= 4 is 5.91 Å². The Morgan fingerprint density at radius 3 is 2.72 bits per heavy atom. The maximum absolute atomic E-state index is 13.0. The van der Waals surface area contributed by atoms with Gasteiger partial charge < -0.3 is 15.2 Å². The van der Waals surface area contributed by atoms with E-state index in [-0.39, 0.29) is 29.7 Å². The van der Waals surface area contributed by atoms with Gasteiger partial charge in [-0.1, -0.05) is 11.2 Å². The van der Waals surface area contributed by atoms with Gasteiger partial charge in [0.15, 0.2) is 0 Å². The summed E-state index contributed by atoms with van der Waals surface area (Å²) in [4.78, 5) is 16.9. The molecule has 1 aromatic heterocycles. The van der Waals surface area contributed by atoms with Crippen LogP contribution in [0.2, 0.25) is 0 Å². The zero-order valence-electron chi connectivity index (χ0n) is 17.4. The summed E-state index contributed by atoms with van der Waals surface area (Å²) in [7, 11) is 0. The number of rotatable bonds is 3. The van der Waals surface area contributed by atoms with Crippen molar-refractivity contribution < 1.29 is 22.5 Å². The fourth-order valence-electron chi connectivity index (χ4n) is 4.64. The van der Waals surface area contributed by atoms with Crippen LogP contribution in [-0.4, -0.2) is 46.9 Å². The lowest BCUT2D eigenvalue weighted by Gasteiger charge is -2.38. The molecule has 4 heterocycles. The number of allylic oxidation sites excluding steroid dienone is 1. The van der Waals surface area contributed by atoms with E-state index < -0.39 is 11.7 Å². The number of carbonyl (C=O) groups excluding carboxylic acids is 1. The highest BCUT2D eigenvalue weighted by Gasteiger charge is 2.44. The highest BCUT2D eigenvalue weighted by molar-refractivity contribution is 5.89. The number of aromatic nitrogens is 2. The minimum absolute atomic E-state index is 0.160. The van der Waals surface area contributed by atoms with Gasteiger partial charge >= 0.3 is 6.18 Å². The molecule has 11 heteroatoms. The molecule has 3 aliphatic rings. The second kappa shape index (κ2) is 7.89. The van der Waals surface area contributed by atoms with Crippen LogP contribution >= 0.6 is 0 Å². The molecule has 1 aromatic carbocycles. The van der Waals surface area contributed by atoms with Gasteiger partial charge in [0.1, 0.15) is 6.17 Å². The fourth-order valence-corrected chi connectivity index (χ4v) is 4.64. The Morgan fingerprint density at radius 2 is 2.00 bits per heavy atom. The van der Waals surface area contributed by atoms with Crippen LogP contribution in [0.3, 0.4) is 0 Å². The number of alkyl halides is 3. The smallest absolute Gasteiger partial charge is 0.338 e. The monoisotopic (exact) mass is 448 g/mol. The lowest BCUT2D eigenvalue weighted by Crippen LogP contribution is -2.53. The van der Waals surface area contributed by atoms with Crippen LogP contribution in [0.25, 0.3) is 11.4 Å². The second-order valence-corrected chi connectivity index (χ2v) is 8.37. The van der Waals surface area contributed by atoms with Crippen LogP contribution in [0.1, 0.15) is 35.8 Å². The standard InChI is InChI=1S/C21H23F3N6O2/c1-11-8-13(21(22,23)24)2-3-14(11)18-28-20(32-29-18)15-10-26-30-16(9-17(31)27-19(15)30)12-4-6-25-7-5-12/h2-3,8-9,12,15,19,25-26H,4-7,10H2,1H3,(H,27,31). The van der Waals surface area contributed by atoms with Crippen LogP contribution in [0, 0.1) is 12.8 Å². The van der Waals surface area contributed by atoms with E-state index in [1.807, 2.05) is 5.01 Å². The van der Waals surface area contributed by atoms with Crippen LogP contribution in [0.15, 0.2) is 34.5 Å². The van der Waals surface area contributed by atoms with Crippen molar-refractivity contribution in [2.45, 2.75) is 38.0 Å². The Balaban J connectivity index is 1.38. The van der Waals surface area contributed by atoms with Gasteiger partial charge in [0.2, 0.25) is 17.6 Å². The molecule has 0 bridgehead atoms. The highest BCUT2D eigenvalue weighted by atomic mass is 19.4. The second-order valence-electron chi connectivity index (χ2n) is 8.37. The summed E-state index contributed by atoms with van der Waals surface area (Å²) >= 11 is 0. The van der Waals surface area contributed by atoms with Crippen molar-refractivity contribution in [3.8, 4) is 11.4 Å². The molecule has 2 saturated heterocycles. The number of fused-ring (bicyclic) bond motifs is 1. The summed E-state index contributed by atoms with van der Waals surface area (Å²) in [5.74, 6) is 0.378. The molecular weight excluding hydrogens is 425 g/mol. The number of piperidine rings is 1. The molecule has 1 amide bonds. The average molecular weight is 448 g/mol. The SMILES string of the molecule is Cc1cc(C(F)(F)F)ccc1-c1noc(C2CNN3C(C4CCNCC4)=CC(=O)NC23)n1. The Labute approximate surface area is 182 Å². The predicted molar refractivity (Wildman–Crippen MR) is 108 cm³/mol. The lowest BCUT2D eigenvalue weighted by molar-refractivity contribution is -0.137. The van der Waals surface area contributed by atoms with E-state index >= 15 is 0 Å². The van der Waals surface area contributed by atoms with Gasteiger partial charge in [0.25, 0.3) is 0 Å². The maximum Gasteiger partial charge on any atom is 0.416 e. The largest absolute Gasteiger partial charge is 0.416 e. The number of nitrogens with zero attached hydrogens (tertiary/aromatic N) is 3. The number of benzene rings is 1. The first-order valence-corrected chi connectivity index (χ1v) is 10.6. The van der Waals surface area contributed by atoms with E-state index in [9.17, 15) is 18.0 Å². The van der Waals surface area contributed by atoms with Crippen LogP contribution in [-0.2, 0) is 11.0 Å². The number of hydrogen-bond acceptors (Lipinski definition) is 7. The first-order chi connectivity index (χ1) is 15.3. The number of amides is 1. The van der Waals surface area contributed by atoms with E-state index in [4.69, 9.17) is 4.52 Å². The summed E-state index contributed by atoms with van der Waals surface area (Å²) in [6, 6.07) is 3.43. The zero-order valence-corrected chi connectivity index (χ0v) is 17.4. The van der Waals surface area contributed by atoms with Crippen LogP contribution < -0.4 is 16.1 Å². The average Bonchev–Trinajstić information content (AvgIpc) is 3.40. The highest BCUT2D eigenvalue weighted by Crippen LogP contribution is 2.36. The predicted octanol–water partition coefficient (Wildman–Crippen LogP) is 2.31. The molecule has 3 aliphatic heterocycles. The van der Waals surface area contributed by atoms with Gasteiger partial charge in [-0.15, -0.1) is 0 Å². The van der Waals surface area contributed by atoms with Gasteiger partial charge in [-0.3, -0.25) is 9.80 Å². The zero-order chi connectivity index (χ0) is 22.5. The number of nitrogens with one attached hydrogen (secondary N) is 3. The van der Waals surface area contributed by atoms with Gasteiger partial charge in [0, 0.05) is 29.8 Å². The molecule has 2 aromatic rings. The van der Waals surface area contributed by atoms with Crippen molar-refractivity contribution in [1.29, 1.82) is 0 Å². The van der Waals surface area contributed by atoms with Crippen molar-refractivity contribution in [2.24, 2.45) is 5.92 Å². The third kappa shape index (κ3) is 3.75. The Morgan fingerprint density at radius 1 is 1.22 bits per heavy atom. The Kier molecular flexibility index (Phi) is 5.17. The summed E-state index contributed by atoms with van der Waals surface area (Å²) in [5, 5.41) is 12.3. The summed E-state index contributed by atoms with van der Waals surface area (Å²) < 4.78 is 44.4. The summed E-state index contributed by atoms with van der Waals surface area (Å²) in [6.45, 7) is 3.88. The molecule has 2 fully saturated rings. The molecule has 0 saturated carbocycles. The van der Waals surface area contributed by atoms with Crippen LogP contribution in [0.5, 0.6) is 0 Å². The first kappa shape index (κ1) is 21.0. The molecule has 170 valence electrons. The van der Waals surface area contributed by atoms with Crippen molar-refractivity contribution in [3.05, 3.63) is 47.0 Å². The Bertz CT molecular complexity index is 1060. The molecule has 8 nitrogen and oxygen atoms in total. The first-order valence-electron chi connectivity index (χ1n) is 10.6. The Hall–Kier alpha value is -2.92. The van der Waals surface area contributed by atoms with E-state index in [0.717, 1.165) is 43.8 Å². The quantitative estimate of drug-likeness (QED) is 0.663. The van der Waals surface area contributed by atoms with Gasteiger partial charge in [-0.05, 0) is 50.6 Å². The third-order valence-corrected chi connectivity index (χ3v) is 6.30. The molecule has 0 aliphatic carbocycles. The van der Waals surface area contributed by atoms with Gasteiger partial charge in [-0.2, -0.15) is 18.2 Å². The van der Waals surface area contributed by atoms with E-state index in [2.05, 4.69) is 26.2 Å². The van der Waals surface area contributed by atoms with E-state index in [0.29, 0.717) is 23.6 Å². The van der Waals surface area contributed by atoms with E-state index in [1.165, 1.54) is 6.07 Å². The third-order valence-electron chi connectivity index (χ3n) is 6.30. The minimum Gasteiger partial charge on any atom is -0.338 e. The van der Waals surface area contributed by atoms with Crippen molar-refractivity contribution in [2.75, 3.05) is 19.6 Å². The molecule has 2 atom stereocenters. The maximum atomic E-state index is 13.0. The molecular formula is C21H23F3N6O2. The summed E-state index contributed by atoms with van der Waals surface area (Å²) in [5.41, 5.74) is 4.45. The van der Waals surface area contributed by atoms with Crippen molar-refractivity contribution in [1.82, 2.24) is 31.2 Å². The number of carbonyl (C=O) groups is 1. The fraction of sp³-hybridized carbons (Fsp3) is 0.476. The molecule has 0 spiro atoms. The number of aryl methyl sites for hydroxylation is 1. The van der Waals surface area contributed by atoms with Gasteiger partial charge in [-0.25, -0.2) is 5.43 Å². The topological polar surface area (TPSA) is 95.3 Å². The number of hydrazine groups is 1. The molecule has 3 N–H and O–H groups in total. The normalized spacial score (nSPS) is 24.3. The molecule has 5 rings (SSSR count). The van der Waals surface area contributed by atoms with Crippen molar-refractivity contribution in [3.63, 3.8) is 0 Å². The van der Waals surface area contributed by atoms with E-state index in [1.54, 1.807) is 13.0 Å². The van der Waals surface area contributed by atoms with Gasteiger partial charge in [0.05, 0.1) is 11.5 Å². The minimum atomic E-state index is -4.41. The van der Waals surface area contributed by atoms with Crippen LogP contribution in [0.4, 0.5) is 13.2 Å². The number of halogens is 3. The lowest BCUT2D eigenvalue weighted by atomic mass is 9.92. The molecule has 0 radical (unpaired) electrons. The molecule has 2 unspecified atom stereocenters.